The fourth-order valence-electron chi connectivity index (χ4n) is 3.22. The van der Waals surface area contributed by atoms with Crippen molar-refractivity contribution in [1.29, 1.82) is 0 Å². The third kappa shape index (κ3) is 13.3. The Bertz CT molecular complexity index is 535. The molecule has 0 aliphatic heterocycles. The highest BCUT2D eigenvalue weighted by Gasteiger charge is 2.36. The third-order valence-electron chi connectivity index (χ3n) is 5.59. The van der Waals surface area contributed by atoms with Crippen LogP contribution in [0.4, 0.5) is 0 Å². The smallest absolute Gasteiger partial charge is 0.309 e. The van der Waals surface area contributed by atoms with E-state index in [2.05, 4.69) is 41.5 Å². The summed E-state index contributed by atoms with van der Waals surface area (Å²) in [6.07, 6.45) is 4.42. The molecule has 0 fully saturated rings. The van der Waals surface area contributed by atoms with Gasteiger partial charge in [0, 0.05) is 12.8 Å². The van der Waals surface area contributed by atoms with E-state index in [1.54, 1.807) is 0 Å². The Morgan fingerprint density at radius 2 is 1.47 bits per heavy atom. The fraction of sp³-hybridized carbons (Fsp3) is 0.920. The van der Waals surface area contributed by atoms with Crippen molar-refractivity contribution in [2.45, 2.75) is 125 Å². The zero-order chi connectivity index (χ0) is 23.8. The molecule has 2 atom stereocenters. The maximum atomic E-state index is 12.7. The first kappa shape index (κ1) is 28.9. The largest absolute Gasteiger partial charge is 0.465 e. The molecule has 5 nitrogen and oxygen atoms in total. The van der Waals surface area contributed by atoms with Crippen LogP contribution < -0.4 is 0 Å². The summed E-state index contributed by atoms with van der Waals surface area (Å²) in [4.78, 5) is 24.9. The molecular weight excluding hydrogens is 380 g/mol. The van der Waals surface area contributed by atoms with Crippen molar-refractivity contribution in [3.8, 4) is 0 Å². The standard InChI is InChI=1S/C25H48O5/c1-11-25(10,28)15-13-12-14-20(26)30-24(8,9)16-17-29-21(27)19(23(5,6)7)18-22(2,3)4/h19,28H,11-18H2,1-10H3. The second-order valence-corrected chi connectivity index (χ2v) is 11.9. The lowest BCUT2D eigenvalue weighted by Gasteiger charge is -2.34. The van der Waals surface area contributed by atoms with Gasteiger partial charge in [0.2, 0.25) is 0 Å². The van der Waals surface area contributed by atoms with Gasteiger partial charge in [0.05, 0.1) is 18.1 Å². The van der Waals surface area contributed by atoms with Crippen molar-refractivity contribution in [2.24, 2.45) is 16.7 Å². The number of unbranched alkanes of at least 4 members (excludes halogenated alkanes) is 1. The molecule has 0 radical (unpaired) electrons. The SMILES string of the molecule is CCC(C)(O)CCCCC(=O)OC(C)(C)CCOC(=O)C(CC(C)(C)C)C(C)(C)C. The highest BCUT2D eigenvalue weighted by Crippen LogP contribution is 2.37. The maximum absolute atomic E-state index is 12.7. The molecule has 0 aromatic heterocycles. The van der Waals surface area contributed by atoms with Crippen LogP contribution in [0.25, 0.3) is 0 Å². The molecule has 0 aromatic rings. The second kappa shape index (κ2) is 11.5. The first-order valence-electron chi connectivity index (χ1n) is 11.5. The predicted molar refractivity (Wildman–Crippen MR) is 122 cm³/mol. The molecule has 0 aliphatic carbocycles. The number of hydrogen-bond acceptors (Lipinski definition) is 5. The van der Waals surface area contributed by atoms with Gasteiger partial charge in [0.1, 0.15) is 5.60 Å². The van der Waals surface area contributed by atoms with E-state index in [1.807, 2.05) is 27.7 Å². The fourth-order valence-corrected chi connectivity index (χ4v) is 3.22. The van der Waals surface area contributed by atoms with Crippen molar-refractivity contribution < 1.29 is 24.2 Å². The molecular formula is C25H48O5. The van der Waals surface area contributed by atoms with Crippen LogP contribution in [0, 0.1) is 16.7 Å². The molecule has 0 saturated carbocycles. The van der Waals surface area contributed by atoms with Gasteiger partial charge in [-0.05, 0) is 57.3 Å². The van der Waals surface area contributed by atoms with Crippen LogP contribution >= 0.6 is 0 Å². The Morgan fingerprint density at radius 1 is 0.900 bits per heavy atom. The number of hydrogen-bond donors (Lipinski definition) is 1. The van der Waals surface area contributed by atoms with Gasteiger partial charge >= 0.3 is 11.9 Å². The summed E-state index contributed by atoms with van der Waals surface area (Å²) in [5, 5.41) is 10.0. The molecule has 30 heavy (non-hydrogen) atoms. The minimum absolute atomic E-state index is 0.0381. The predicted octanol–water partition coefficient (Wildman–Crippen LogP) is 6.06. The Morgan fingerprint density at radius 3 is 1.93 bits per heavy atom. The van der Waals surface area contributed by atoms with Gasteiger partial charge in [-0.1, -0.05) is 54.9 Å². The first-order chi connectivity index (χ1) is 13.4. The number of carbonyl (C=O) groups excluding carboxylic acids is 2. The molecule has 0 amide bonds. The van der Waals surface area contributed by atoms with Gasteiger partial charge in [0.25, 0.3) is 0 Å². The van der Waals surface area contributed by atoms with Gasteiger partial charge in [-0.3, -0.25) is 9.59 Å². The third-order valence-corrected chi connectivity index (χ3v) is 5.59. The van der Waals surface area contributed by atoms with E-state index in [-0.39, 0.29) is 35.3 Å². The lowest BCUT2D eigenvalue weighted by atomic mass is 9.72. The van der Waals surface area contributed by atoms with Crippen LogP contribution in [0.15, 0.2) is 0 Å². The molecule has 0 spiro atoms. The summed E-state index contributed by atoms with van der Waals surface area (Å²) in [5.41, 5.74) is -1.48. The van der Waals surface area contributed by atoms with E-state index in [0.29, 0.717) is 32.1 Å². The van der Waals surface area contributed by atoms with E-state index in [4.69, 9.17) is 9.47 Å². The summed E-state index contributed by atoms with van der Waals surface area (Å²) in [5.74, 6) is -0.603. The zero-order valence-corrected chi connectivity index (χ0v) is 21.3. The summed E-state index contributed by atoms with van der Waals surface area (Å²) in [7, 11) is 0. The minimum Gasteiger partial charge on any atom is -0.465 e. The Kier molecular flexibility index (Phi) is 11.1. The number of aliphatic hydroxyl groups is 1. The quantitative estimate of drug-likeness (QED) is 0.302. The topological polar surface area (TPSA) is 72.8 Å². The average molecular weight is 429 g/mol. The lowest BCUT2D eigenvalue weighted by molar-refractivity contribution is -0.161. The van der Waals surface area contributed by atoms with Crippen molar-refractivity contribution in [3.63, 3.8) is 0 Å². The Labute approximate surface area is 185 Å². The highest BCUT2D eigenvalue weighted by atomic mass is 16.6. The molecule has 0 saturated heterocycles. The van der Waals surface area contributed by atoms with E-state index < -0.39 is 11.2 Å². The van der Waals surface area contributed by atoms with Crippen LogP contribution in [-0.2, 0) is 19.1 Å². The van der Waals surface area contributed by atoms with Crippen molar-refractivity contribution in [2.75, 3.05) is 6.61 Å². The van der Waals surface area contributed by atoms with Gasteiger partial charge in [-0.25, -0.2) is 0 Å². The van der Waals surface area contributed by atoms with Crippen LogP contribution in [0.1, 0.15) is 114 Å². The van der Waals surface area contributed by atoms with Crippen LogP contribution in [-0.4, -0.2) is 34.9 Å². The monoisotopic (exact) mass is 428 g/mol. The second-order valence-electron chi connectivity index (χ2n) is 11.9. The van der Waals surface area contributed by atoms with Crippen LogP contribution in [0.3, 0.4) is 0 Å². The number of rotatable bonds is 12. The van der Waals surface area contributed by atoms with Crippen molar-refractivity contribution in [3.05, 3.63) is 0 Å². The van der Waals surface area contributed by atoms with E-state index in [9.17, 15) is 14.7 Å². The van der Waals surface area contributed by atoms with Crippen molar-refractivity contribution >= 4 is 11.9 Å². The molecule has 2 unspecified atom stereocenters. The zero-order valence-electron chi connectivity index (χ0n) is 21.3. The molecule has 1 N–H and O–H groups in total. The highest BCUT2D eigenvalue weighted by molar-refractivity contribution is 5.73. The number of carbonyl (C=O) groups is 2. The summed E-state index contributed by atoms with van der Waals surface area (Å²) in [6.45, 7) is 20.3. The molecule has 0 aliphatic rings. The van der Waals surface area contributed by atoms with Gasteiger partial charge in [-0.2, -0.15) is 0 Å². The molecule has 0 bridgehead atoms. The van der Waals surface area contributed by atoms with Gasteiger partial charge in [-0.15, -0.1) is 0 Å². The number of ether oxygens (including phenoxy) is 2. The van der Waals surface area contributed by atoms with E-state index in [0.717, 1.165) is 12.8 Å². The Hall–Kier alpha value is -1.10. The van der Waals surface area contributed by atoms with E-state index in [1.165, 1.54) is 0 Å². The Balaban J connectivity index is 4.46. The van der Waals surface area contributed by atoms with Gasteiger partial charge in [0.15, 0.2) is 0 Å². The lowest BCUT2D eigenvalue weighted by Crippen LogP contribution is -2.35. The molecule has 0 heterocycles. The van der Waals surface area contributed by atoms with Crippen LogP contribution in [0.5, 0.6) is 0 Å². The summed E-state index contributed by atoms with van der Waals surface area (Å²) < 4.78 is 11.2. The molecule has 5 heteroatoms. The number of esters is 2. The normalized spacial score (nSPS) is 16.0. The maximum Gasteiger partial charge on any atom is 0.309 e. The van der Waals surface area contributed by atoms with Gasteiger partial charge < -0.3 is 14.6 Å². The molecule has 178 valence electrons. The molecule has 0 rings (SSSR count). The van der Waals surface area contributed by atoms with Crippen LogP contribution in [0.2, 0.25) is 0 Å². The minimum atomic E-state index is -0.687. The summed E-state index contributed by atoms with van der Waals surface area (Å²) in [6, 6.07) is 0. The van der Waals surface area contributed by atoms with Crippen molar-refractivity contribution in [1.82, 2.24) is 0 Å². The van der Waals surface area contributed by atoms with E-state index >= 15 is 0 Å². The molecule has 0 aromatic carbocycles. The first-order valence-corrected chi connectivity index (χ1v) is 11.5. The average Bonchev–Trinajstić information content (AvgIpc) is 2.54. The summed E-state index contributed by atoms with van der Waals surface area (Å²) >= 11 is 0.